The molecular formula is C21H17BrN2O3. The van der Waals surface area contributed by atoms with Gasteiger partial charge in [0.1, 0.15) is 0 Å². The van der Waals surface area contributed by atoms with Gasteiger partial charge in [0.05, 0.1) is 11.0 Å². The molecule has 0 aliphatic carbocycles. The van der Waals surface area contributed by atoms with Crippen molar-refractivity contribution in [3.8, 4) is 0 Å². The number of aliphatic hydroxyl groups excluding tert-OH is 1. The second kappa shape index (κ2) is 7.13. The Hall–Kier alpha value is -2.70. The van der Waals surface area contributed by atoms with Crippen molar-refractivity contribution in [1.29, 1.82) is 0 Å². The highest BCUT2D eigenvalue weighted by atomic mass is 79.9. The average Bonchev–Trinajstić information content (AvgIpc) is 2.95. The first-order valence-electron chi connectivity index (χ1n) is 8.61. The first-order valence-corrected chi connectivity index (χ1v) is 9.41. The van der Waals surface area contributed by atoms with Crippen LogP contribution in [0.2, 0.25) is 0 Å². The second-order valence-electron chi connectivity index (χ2n) is 6.53. The Morgan fingerprint density at radius 2 is 1.70 bits per heavy atom. The molecule has 4 aromatic rings. The summed E-state index contributed by atoms with van der Waals surface area (Å²) in [7, 11) is 0. The summed E-state index contributed by atoms with van der Waals surface area (Å²) >= 11 is 3.52. The van der Waals surface area contributed by atoms with Crippen molar-refractivity contribution in [2.24, 2.45) is 0 Å². The van der Waals surface area contributed by atoms with Crippen LogP contribution in [0.3, 0.4) is 0 Å². The number of hydrogen-bond donors (Lipinski definition) is 1. The summed E-state index contributed by atoms with van der Waals surface area (Å²) in [4.78, 5) is 10.8. The molecule has 0 spiro atoms. The highest BCUT2D eigenvalue weighted by Crippen LogP contribution is 2.31. The van der Waals surface area contributed by atoms with E-state index >= 15 is 0 Å². The van der Waals surface area contributed by atoms with Crippen LogP contribution < -0.4 is 0 Å². The Labute approximate surface area is 164 Å². The van der Waals surface area contributed by atoms with Crippen molar-refractivity contribution in [2.75, 3.05) is 0 Å². The normalized spacial score (nSPS) is 12.5. The maximum absolute atomic E-state index is 11.2. The highest BCUT2D eigenvalue weighted by molar-refractivity contribution is 9.10. The molecule has 1 N–H and O–H groups in total. The van der Waals surface area contributed by atoms with E-state index in [2.05, 4.69) is 32.6 Å². The van der Waals surface area contributed by atoms with Crippen molar-refractivity contribution < 1.29 is 10.0 Å². The molecule has 0 fully saturated rings. The third-order valence-corrected chi connectivity index (χ3v) is 5.26. The van der Waals surface area contributed by atoms with E-state index < -0.39 is 11.0 Å². The lowest BCUT2D eigenvalue weighted by molar-refractivity contribution is -0.385. The number of hydrogen-bond acceptors (Lipinski definition) is 3. The van der Waals surface area contributed by atoms with E-state index in [0.717, 1.165) is 26.3 Å². The van der Waals surface area contributed by atoms with E-state index in [1.54, 1.807) is 18.2 Å². The van der Waals surface area contributed by atoms with Gasteiger partial charge in [-0.1, -0.05) is 52.3 Å². The molecule has 3 aromatic carbocycles. The Kier molecular flexibility index (Phi) is 4.68. The monoisotopic (exact) mass is 424 g/mol. The maximum Gasteiger partial charge on any atom is 0.272 e. The van der Waals surface area contributed by atoms with Crippen molar-refractivity contribution in [3.05, 3.63) is 86.9 Å². The number of nitrogens with zero attached hydrogens (tertiary/aromatic N) is 2. The number of fused-ring (bicyclic) bond motifs is 3. The fraction of sp³-hybridized carbons (Fsp3) is 0.143. The van der Waals surface area contributed by atoms with Crippen LogP contribution in [0.1, 0.15) is 5.56 Å². The molecule has 0 aliphatic heterocycles. The molecule has 0 aliphatic rings. The summed E-state index contributed by atoms with van der Waals surface area (Å²) in [5, 5.41) is 24.1. The standard InChI is InChI=1S/C21H17BrN2O3/c22-15-9-10-21-18(12-15)17-6-2-4-8-20(17)23(21)13-16(25)11-14-5-1-3-7-19(14)24(26)27/h1-10,12,16,25H,11,13H2. The first kappa shape index (κ1) is 17.7. The summed E-state index contributed by atoms with van der Waals surface area (Å²) in [5.41, 5.74) is 2.65. The van der Waals surface area contributed by atoms with Crippen LogP contribution in [0, 0.1) is 10.1 Å². The average molecular weight is 425 g/mol. The maximum atomic E-state index is 11.2. The predicted octanol–water partition coefficient (Wildman–Crippen LogP) is 5.07. The van der Waals surface area contributed by atoms with Crippen molar-refractivity contribution >= 4 is 43.4 Å². The van der Waals surface area contributed by atoms with Gasteiger partial charge in [-0.05, 0) is 24.3 Å². The molecule has 0 radical (unpaired) electrons. The summed E-state index contributed by atoms with van der Waals surface area (Å²) in [6.07, 6.45) is -0.518. The smallest absolute Gasteiger partial charge is 0.272 e. The number of aliphatic hydroxyl groups is 1. The molecule has 27 heavy (non-hydrogen) atoms. The summed E-state index contributed by atoms with van der Waals surface area (Å²) < 4.78 is 3.08. The number of nitro groups is 1. The number of aromatic nitrogens is 1. The molecule has 5 nitrogen and oxygen atoms in total. The van der Waals surface area contributed by atoms with E-state index in [0.29, 0.717) is 12.1 Å². The molecular weight excluding hydrogens is 408 g/mol. The van der Waals surface area contributed by atoms with Gasteiger partial charge in [-0.2, -0.15) is 0 Å². The number of nitro benzene ring substituents is 1. The lowest BCUT2D eigenvalue weighted by atomic mass is 10.1. The van der Waals surface area contributed by atoms with Gasteiger partial charge in [-0.25, -0.2) is 0 Å². The first-order chi connectivity index (χ1) is 13.0. The Morgan fingerprint density at radius 3 is 2.52 bits per heavy atom. The van der Waals surface area contributed by atoms with Gasteiger partial charge in [0, 0.05) is 50.9 Å². The van der Waals surface area contributed by atoms with Gasteiger partial charge >= 0.3 is 0 Å². The van der Waals surface area contributed by atoms with Gasteiger partial charge in [-0.15, -0.1) is 0 Å². The lowest BCUT2D eigenvalue weighted by Crippen LogP contribution is -2.19. The topological polar surface area (TPSA) is 68.3 Å². The molecule has 136 valence electrons. The van der Waals surface area contributed by atoms with Gasteiger partial charge < -0.3 is 9.67 Å². The molecule has 0 bridgehead atoms. The van der Waals surface area contributed by atoms with Crippen LogP contribution in [0.5, 0.6) is 0 Å². The zero-order chi connectivity index (χ0) is 19.0. The van der Waals surface area contributed by atoms with Crippen LogP contribution in [-0.4, -0.2) is 20.7 Å². The fourth-order valence-corrected chi connectivity index (χ4v) is 3.97. The zero-order valence-corrected chi connectivity index (χ0v) is 16.0. The van der Waals surface area contributed by atoms with Crippen molar-refractivity contribution in [1.82, 2.24) is 4.57 Å². The second-order valence-corrected chi connectivity index (χ2v) is 7.45. The summed E-state index contributed by atoms with van der Waals surface area (Å²) in [6, 6.07) is 20.7. The SMILES string of the molecule is O=[N+]([O-])c1ccccc1CC(O)Cn1c2ccccc2c2cc(Br)ccc21. The highest BCUT2D eigenvalue weighted by Gasteiger charge is 2.18. The van der Waals surface area contributed by atoms with Gasteiger partial charge in [0.2, 0.25) is 0 Å². The van der Waals surface area contributed by atoms with Crippen LogP contribution in [0.4, 0.5) is 5.69 Å². The Balaban J connectivity index is 1.72. The summed E-state index contributed by atoms with van der Waals surface area (Å²) in [5.74, 6) is 0. The third kappa shape index (κ3) is 3.34. The van der Waals surface area contributed by atoms with Crippen LogP contribution >= 0.6 is 15.9 Å². The summed E-state index contributed by atoms with van der Waals surface area (Å²) in [6.45, 7) is 0.359. The van der Waals surface area contributed by atoms with Crippen LogP contribution in [-0.2, 0) is 13.0 Å². The Morgan fingerprint density at radius 1 is 1.00 bits per heavy atom. The van der Waals surface area contributed by atoms with E-state index in [1.807, 2.05) is 30.3 Å². The Bertz CT molecular complexity index is 1150. The van der Waals surface area contributed by atoms with Gasteiger partial charge in [0.15, 0.2) is 0 Å². The molecule has 4 rings (SSSR count). The predicted molar refractivity (Wildman–Crippen MR) is 110 cm³/mol. The van der Waals surface area contributed by atoms with Crippen molar-refractivity contribution in [3.63, 3.8) is 0 Å². The van der Waals surface area contributed by atoms with E-state index in [-0.39, 0.29) is 12.1 Å². The zero-order valence-electron chi connectivity index (χ0n) is 14.4. The fourth-order valence-electron chi connectivity index (χ4n) is 3.61. The van der Waals surface area contributed by atoms with Gasteiger partial charge in [-0.3, -0.25) is 10.1 Å². The van der Waals surface area contributed by atoms with E-state index in [1.165, 1.54) is 6.07 Å². The van der Waals surface area contributed by atoms with Gasteiger partial charge in [0.25, 0.3) is 5.69 Å². The van der Waals surface area contributed by atoms with Crippen molar-refractivity contribution in [2.45, 2.75) is 19.1 Å². The van der Waals surface area contributed by atoms with Crippen LogP contribution in [0.15, 0.2) is 71.2 Å². The largest absolute Gasteiger partial charge is 0.391 e. The minimum atomic E-state index is -0.742. The van der Waals surface area contributed by atoms with Crippen LogP contribution in [0.25, 0.3) is 21.8 Å². The van der Waals surface area contributed by atoms with E-state index in [9.17, 15) is 15.2 Å². The number of halogens is 1. The molecule has 1 atom stereocenters. The molecule has 6 heteroatoms. The quantitative estimate of drug-likeness (QED) is 0.359. The van der Waals surface area contributed by atoms with E-state index in [4.69, 9.17) is 0 Å². The molecule has 0 saturated carbocycles. The number of benzene rings is 3. The number of rotatable bonds is 5. The molecule has 0 saturated heterocycles. The molecule has 1 heterocycles. The minimum absolute atomic E-state index is 0.0442. The number of para-hydroxylation sites is 2. The molecule has 1 aromatic heterocycles. The lowest BCUT2D eigenvalue weighted by Gasteiger charge is -2.14. The third-order valence-electron chi connectivity index (χ3n) is 4.77. The molecule has 1 unspecified atom stereocenters. The molecule has 0 amide bonds. The minimum Gasteiger partial charge on any atom is -0.391 e.